The van der Waals surface area contributed by atoms with Crippen molar-refractivity contribution >= 4 is 50.7 Å². The van der Waals surface area contributed by atoms with E-state index >= 15 is 0 Å². The molecule has 10 heteroatoms. The molecule has 0 unspecified atom stereocenters. The predicted octanol–water partition coefficient (Wildman–Crippen LogP) is 7.06. The number of hydrogen-bond donors (Lipinski definition) is 1. The number of carbonyl (C=O) groups is 2. The number of benzene rings is 3. The van der Waals surface area contributed by atoms with Crippen LogP contribution < -0.4 is 9.62 Å². The molecule has 1 atom stereocenters. The van der Waals surface area contributed by atoms with Crippen LogP contribution in [0, 0.1) is 13.8 Å². The summed E-state index contributed by atoms with van der Waals surface area (Å²) in [6.07, 6.45) is 5.33. The van der Waals surface area contributed by atoms with Crippen molar-refractivity contribution in [2.75, 3.05) is 10.8 Å². The lowest BCUT2D eigenvalue weighted by atomic mass is 9.95. The van der Waals surface area contributed by atoms with Crippen molar-refractivity contribution in [1.82, 2.24) is 10.2 Å². The largest absolute Gasteiger partial charge is 0.352 e. The fourth-order valence-electron chi connectivity index (χ4n) is 5.56. The minimum absolute atomic E-state index is 0.0426. The Morgan fingerprint density at radius 3 is 2.16 bits per heavy atom. The summed E-state index contributed by atoms with van der Waals surface area (Å²) >= 11 is 13.0. The van der Waals surface area contributed by atoms with Gasteiger partial charge in [0.05, 0.1) is 10.6 Å². The zero-order chi connectivity index (χ0) is 31.1. The summed E-state index contributed by atoms with van der Waals surface area (Å²) in [4.78, 5) is 29.6. The van der Waals surface area contributed by atoms with Gasteiger partial charge >= 0.3 is 0 Å². The van der Waals surface area contributed by atoms with Gasteiger partial charge < -0.3 is 10.2 Å². The number of amides is 2. The summed E-state index contributed by atoms with van der Waals surface area (Å²) in [7, 11) is -4.15. The van der Waals surface area contributed by atoms with Crippen LogP contribution in [0.1, 0.15) is 62.1 Å². The number of rotatable bonds is 11. The third kappa shape index (κ3) is 7.72. The topological polar surface area (TPSA) is 86.8 Å². The SMILES string of the molecule is CC[C@@H](C(=O)NC1CCCCC1)N(Cc1c(Cl)cccc1Cl)C(=O)CN(c1cccc(C)c1C)S(=O)(=O)c1ccccc1. The molecule has 0 saturated heterocycles. The molecule has 1 aliphatic rings. The molecule has 1 saturated carbocycles. The molecule has 1 aliphatic carbocycles. The van der Waals surface area contributed by atoms with Gasteiger partial charge in [0.15, 0.2) is 0 Å². The quantitative estimate of drug-likeness (QED) is 0.242. The van der Waals surface area contributed by atoms with Crippen molar-refractivity contribution in [3.63, 3.8) is 0 Å². The van der Waals surface area contributed by atoms with Crippen LogP contribution >= 0.6 is 23.2 Å². The highest BCUT2D eigenvalue weighted by Gasteiger charge is 2.35. The first-order valence-electron chi connectivity index (χ1n) is 14.7. The van der Waals surface area contributed by atoms with E-state index in [0.29, 0.717) is 27.7 Å². The Bertz CT molecular complexity index is 1520. The Hall–Kier alpha value is -3.07. The average molecular weight is 645 g/mol. The number of sulfonamides is 1. The highest BCUT2D eigenvalue weighted by Crippen LogP contribution is 2.31. The molecule has 1 fully saturated rings. The monoisotopic (exact) mass is 643 g/mol. The molecule has 43 heavy (non-hydrogen) atoms. The van der Waals surface area contributed by atoms with Crippen LogP contribution in [-0.2, 0) is 26.2 Å². The maximum Gasteiger partial charge on any atom is 0.264 e. The normalized spacial score (nSPS) is 14.6. The van der Waals surface area contributed by atoms with Crippen molar-refractivity contribution in [3.05, 3.63) is 93.5 Å². The number of anilines is 1. The summed E-state index contributed by atoms with van der Waals surface area (Å²) in [6.45, 7) is 4.98. The van der Waals surface area contributed by atoms with Crippen molar-refractivity contribution < 1.29 is 18.0 Å². The maximum atomic E-state index is 14.4. The molecule has 230 valence electrons. The minimum atomic E-state index is -4.15. The Morgan fingerprint density at radius 2 is 1.53 bits per heavy atom. The van der Waals surface area contributed by atoms with Crippen LogP contribution in [0.5, 0.6) is 0 Å². The van der Waals surface area contributed by atoms with E-state index < -0.39 is 28.5 Å². The Balaban J connectivity index is 1.76. The number of hydrogen-bond acceptors (Lipinski definition) is 4. The van der Waals surface area contributed by atoms with Crippen LogP contribution in [0.15, 0.2) is 71.6 Å². The molecule has 0 aliphatic heterocycles. The zero-order valence-electron chi connectivity index (χ0n) is 24.9. The molecule has 2 amide bonds. The molecular weight excluding hydrogens is 605 g/mol. The standard InChI is InChI=1S/C33H39Cl2N3O4S/c1-4-30(33(40)36-25-14-7-5-8-15-25)37(21-27-28(34)18-12-19-29(27)35)32(39)22-38(31-20-11-13-23(2)24(31)3)43(41,42)26-16-9-6-10-17-26/h6,9-13,16-20,25,30H,4-5,7-8,14-15,21-22H2,1-3H3,(H,36,40)/t30-/m0/s1. The fraction of sp³-hybridized carbons (Fsp3) is 0.394. The second-order valence-corrected chi connectivity index (χ2v) is 13.7. The van der Waals surface area contributed by atoms with Gasteiger partial charge in [0.25, 0.3) is 10.0 Å². The second kappa shape index (κ2) is 14.6. The molecule has 0 aromatic heterocycles. The summed E-state index contributed by atoms with van der Waals surface area (Å²) in [5.41, 5.74) is 2.51. The van der Waals surface area contributed by atoms with Crippen molar-refractivity contribution in [2.45, 2.75) is 82.8 Å². The predicted molar refractivity (Wildman–Crippen MR) is 173 cm³/mol. The van der Waals surface area contributed by atoms with E-state index in [1.165, 1.54) is 17.0 Å². The van der Waals surface area contributed by atoms with Gasteiger partial charge in [-0.05, 0) is 74.6 Å². The van der Waals surface area contributed by atoms with Gasteiger partial charge in [-0.15, -0.1) is 0 Å². The first-order chi connectivity index (χ1) is 20.5. The number of nitrogens with one attached hydrogen (secondary N) is 1. The minimum Gasteiger partial charge on any atom is -0.352 e. The van der Waals surface area contributed by atoms with E-state index in [-0.39, 0.29) is 23.4 Å². The van der Waals surface area contributed by atoms with Gasteiger partial charge in [0.2, 0.25) is 11.8 Å². The van der Waals surface area contributed by atoms with Crippen LogP contribution in [0.3, 0.4) is 0 Å². The van der Waals surface area contributed by atoms with Crippen molar-refractivity contribution in [2.24, 2.45) is 0 Å². The van der Waals surface area contributed by atoms with E-state index in [0.717, 1.165) is 47.5 Å². The van der Waals surface area contributed by atoms with Crippen LogP contribution in [0.25, 0.3) is 0 Å². The Labute approximate surface area is 265 Å². The lowest BCUT2D eigenvalue weighted by molar-refractivity contribution is -0.140. The summed E-state index contributed by atoms with van der Waals surface area (Å²) in [5.74, 6) is -0.808. The Kier molecular flexibility index (Phi) is 11.2. The van der Waals surface area contributed by atoms with E-state index in [1.54, 1.807) is 48.5 Å². The van der Waals surface area contributed by atoms with Gasteiger partial charge in [-0.1, -0.05) is 85.8 Å². The third-order valence-corrected chi connectivity index (χ3v) is 10.7. The van der Waals surface area contributed by atoms with Gasteiger partial charge in [0.1, 0.15) is 12.6 Å². The molecule has 4 rings (SSSR count). The van der Waals surface area contributed by atoms with Gasteiger partial charge in [-0.25, -0.2) is 8.42 Å². The zero-order valence-corrected chi connectivity index (χ0v) is 27.2. The summed E-state index contributed by atoms with van der Waals surface area (Å²) < 4.78 is 29.3. The fourth-order valence-corrected chi connectivity index (χ4v) is 7.57. The first kappa shape index (κ1) is 32.8. The molecule has 0 spiro atoms. The van der Waals surface area contributed by atoms with Crippen LogP contribution in [-0.4, -0.2) is 43.8 Å². The number of nitrogens with zero attached hydrogens (tertiary/aromatic N) is 2. The molecule has 3 aromatic rings. The van der Waals surface area contributed by atoms with Crippen LogP contribution in [0.4, 0.5) is 5.69 Å². The van der Waals surface area contributed by atoms with E-state index in [4.69, 9.17) is 23.2 Å². The molecule has 7 nitrogen and oxygen atoms in total. The number of halogens is 2. The maximum absolute atomic E-state index is 14.4. The number of aryl methyl sites for hydroxylation is 1. The van der Waals surface area contributed by atoms with Gasteiger partial charge in [-0.2, -0.15) is 0 Å². The molecule has 0 bridgehead atoms. The van der Waals surface area contributed by atoms with Gasteiger partial charge in [-0.3, -0.25) is 13.9 Å². The highest BCUT2D eigenvalue weighted by molar-refractivity contribution is 7.92. The van der Waals surface area contributed by atoms with Crippen LogP contribution in [0.2, 0.25) is 10.0 Å². The lowest BCUT2D eigenvalue weighted by Gasteiger charge is -2.35. The van der Waals surface area contributed by atoms with Gasteiger partial charge in [0, 0.05) is 28.2 Å². The molecular formula is C33H39Cl2N3O4S. The lowest BCUT2D eigenvalue weighted by Crippen LogP contribution is -2.54. The first-order valence-corrected chi connectivity index (χ1v) is 16.9. The average Bonchev–Trinajstić information content (AvgIpc) is 2.99. The van der Waals surface area contributed by atoms with E-state index in [2.05, 4.69) is 5.32 Å². The smallest absolute Gasteiger partial charge is 0.264 e. The summed E-state index contributed by atoms with van der Waals surface area (Å²) in [5, 5.41) is 3.86. The molecule has 0 heterocycles. The number of carbonyl (C=O) groups excluding carboxylic acids is 2. The Morgan fingerprint density at radius 1 is 0.907 bits per heavy atom. The summed E-state index contributed by atoms with van der Waals surface area (Å²) in [6, 6.07) is 17.6. The second-order valence-electron chi connectivity index (χ2n) is 11.0. The molecule has 1 N–H and O–H groups in total. The van der Waals surface area contributed by atoms with Crippen molar-refractivity contribution in [3.8, 4) is 0 Å². The third-order valence-electron chi connectivity index (χ3n) is 8.18. The highest BCUT2D eigenvalue weighted by atomic mass is 35.5. The van der Waals surface area contributed by atoms with E-state index in [9.17, 15) is 18.0 Å². The molecule has 3 aromatic carbocycles. The molecule has 0 radical (unpaired) electrons. The van der Waals surface area contributed by atoms with E-state index in [1.807, 2.05) is 26.8 Å². The van der Waals surface area contributed by atoms with Crippen molar-refractivity contribution in [1.29, 1.82) is 0 Å².